The van der Waals surface area contributed by atoms with Gasteiger partial charge in [0.25, 0.3) is 0 Å². The van der Waals surface area contributed by atoms with Crippen molar-refractivity contribution in [1.82, 2.24) is 0 Å². The number of carbonyl (C=O) groups is 1. The lowest BCUT2D eigenvalue weighted by Gasteiger charge is -2.38. The number of benzene rings is 1. The van der Waals surface area contributed by atoms with Crippen molar-refractivity contribution < 1.29 is 9.53 Å². The predicted molar refractivity (Wildman–Crippen MR) is 59.5 cm³/mol. The fourth-order valence-corrected chi connectivity index (χ4v) is 1.95. The summed E-state index contributed by atoms with van der Waals surface area (Å²) in [4.78, 5) is 11.9. The topological polar surface area (TPSA) is 26.3 Å². The van der Waals surface area contributed by atoms with Gasteiger partial charge >= 0.3 is 0 Å². The van der Waals surface area contributed by atoms with E-state index >= 15 is 0 Å². The predicted octanol–water partition coefficient (Wildman–Crippen LogP) is 2.45. The van der Waals surface area contributed by atoms with Crippen molar-refractivity contribution in [3.63, 3.8) is 0 Å². The number of hydrogen-bond acceptors (Lipinski definition) is 2. The molecule has 0 N–H and O–H groups in total. The monoisotopic (exact) mass is 202 g/mol. The van der Waals surface area contributed by atoms with Crippen molar-refractivity contribution in [2.75, 3.05) is 7.11 Å². The average Bonchev–Trinajstić information content (AvgIpc) is 2.29. The van der Waals surface area contributed by atoms with E-state index in [-0.39, 0.29) is 5.78 Å². The van der Waals surface area contributed by atoms with Crippen LogP contribution in [0.4, 0.5) is 0 Å². The van der Waals surface area contributed by atoms with Gasteiger partial charge in [-0.2, -0.15) is 0 Å². The first-order valence-electron chi connectivity index (χ1n) is 4.98. The molecule has 1 unspecified atom stereocenters. The van der Waals surface area contributed by atoms with Crippen molar-refractivity contribution in [2.45, 2.75) is 19.4 Å². The van der Waals surface area contributed by atoms with Crippen molar-refractivity contribution >= 4 is 11.4 Å². The Hall–Kier alpha value is -1.41. The van der Waals surface area contributed by atoms with Crippen LogP contribution < -0.4 is 0 Å². The number of rotatable bonds is 2. The molecule has 0 radical (unpaired) electrons. The molecule has 2 heteroatoms. The van der Waals surface area contributed by atoms with E-state index in [0.29, 0.717) is 0 Å². The minimum Gasteiger partial charge on any atom is -0.366 e. The van der Waals surface area contributed by atoms with Gasteiger partial charge in [0.2, 0.25) is 0 Å². The molecule has 0 saturated carbocycles. The Morgan fingerprint density at radius 3 is 2.27 bits per heavy atom. The van der Waals surface area contributed by atoms with Crippen LogP contribution in [0.2, 0.25) is 0 Å². The molecule has 0 fully saturated rings. The highest BCUT2D eigenvalue weighted by molar-refractivity contribution is 6.33. The molecule has 1 aliphatic rings. The van der Waals surface area contributed by atoms with Crippen LogP contribution in [0, 0.1) is 0 Å². The Labute approximate surface area is 89.6 Å². The maximum Gasteiger partial charge on any atom is 0.199 e. The highest BCUT2D eigenvalue weighted by atomic mass is 16.5. The number of hydrogen-bond donors (Lipinski definition) is 0. The first-order chi connectivity index (χ1) is 7.11. The summed E-state index contributed by atoms with van der Waals surface area (Å²) in [7, 11) is 1.57. The van der Waals surface area contributed by atoms with Crippen LogP contribution in [-0.2, 0) is 9.53 Å². The van der Waals surface area contributed by atoms with Gasteiger partial charge in [0.05, 0.1) is 0 Å². The molecule has 1 aromatic rings. The standard InChI is InChI=1S/C13H14O2/c1-9-11(10-7-5-4-6-8-10)12(14)13(9,2)15-3/h4-8H,1-3H3. The van der Waals surface area contributed by atoms with Gasteiger partial charge in [-0.15, -0.1) is 0 Å². The molecular weight excluding hydrogens is 188 g/mol. The van der Waals surface area contributed by atoms with Crippen molar-refractivity contribution in [3.05, 3.63) is 41.5 Å². The first-order valence-corrected chi connectivity index (χ1v) is 4.98. The van der Waals surface area contributed by atoms with E-state index in [1.165, 1.54) is 0 Å². The molecule has 0 heterocycles. The fourth-order valence-electron chi connectivity index (χ4n) is 1.95. The zero-order valence-electron chi connectivity index (χ0n) is 9.20. The lowest BCUT2D eigenvalue weighted by atomic mass is 9.71. The van der Waals surface area contributed by atoms with E-state index in [1.807, 2.05) is 44.2 Å². The Bertz CT molecular complexity index is 431. The molecule has 15 heavy (non-hydrogen) atoms. The van der Waals surface area contributed by atoms with E-state index in [4.69, 9.17) is 4.74 Å². The van der Waals surface area contributed by atoms with E-state index < -0.39 is 5.60 Å². The van der Waals surface area contributed by atoms with Crippen LogP contribution in [0.3, 0.4) is 0 Å². The number of carbonyl (C=O) groups excluding carboxylic acids is 1. The normalized spacial score (nSPS) is 25.4. The van der Waals surface area contributed by atoms with Gasteiger partial charge in [0, 0.05) is 12.7 Å². The quantitative estimate of drug-likeness (QED) is 0.736. The van der Waals surface area contributed by atoms with E-state index in [0.717, 1.165) is 16.7 Å². The summed E-state index contributed by atoms with van der Waals surface area (Å²) in [6.07, 6.45) is 0. The largest absolute Gasteiger partial charge is 0.366 e. The minimum atomic E-state index is -0.703. The summed E-state index contributed by atoms with van der Waals surface area (Å²) in [6.45, 7) is 3.77. The third-order valence-corrected chi connectivity index (χ3v) is 3.22. The second-order valence-corrected chi connectivity index (χ2v) is 3.93. The van der Waals surface area contributed by atoms with Crippen LogP contribution >= 0.6 is 0 Å². The fraction of sp³-hybridized carbons (Fsp3) is 0.308. The van der Waals surface area contributed by atoms with Gasteiger partial charge in [0.1, 0.15) is 5.60 Å². The van der Waals surface area contributed by atoms with Crippen molar-refractivity contribution in [2.24, 2.45) is 0 Å². The number of ketones is 1. The van der Waals surface area contributed by atoms with Gasteiger partial charge in [-0.25, -0.2) is 0 Å². The van der Waals surface area contributed by atoms with Crippen molar-refractivity contribution in [3.8, 4) is 0 Å². The Morgan fingerprint density at radius 2 is 1.80 bits per heavy atom. The van der Waals surface area contributed by atoms with Gasteiger partial charge in [-0.3, -0.25) is 4.79 Å². The molecule has 2 rings (SSSR count). The second-order valence-electron chi connectivity index (χ2n) is 3.93. The summed E-state index contributed by atoms with van der Waals surface area (Å²) in [6, 6.07) is 9.71. The summed E-state index contributed by atoms with van der Waals surface area (Å²) in [5, 5.41) is 0. The molecule has 0 spiro atoms. The molecule has 0 aliphatic heterocycles. The highest BCUT2D eigenvalue weighted by Crippen LogP contribution is 2.42. The molecule has 0 bridgehead atoms. The first kappa shape index (κ1) is 10.1. The molecule has 0 saturated heterocycles. The van der Waals surface area contributed by atoms with Crippen LogP contribution in [-0.4, -0.2) is 18.5 Å². The second kappa shape index (κ2) is 3.31. The van der Waals surface area contributed by atoms with Gasteiger partial charge in [-0.05, 0) is 25.0 Å². The Morgan fingerprint density at radius 1 is 1.20 bits per heavy atom. The van der Waals surface area contributed by atoms with Gasteiger partial charge < -0.3 is 4.74 Å². The van der Waals surface area contributed by atoms with E-state index in [9.17, 15) is 4.79 Å². The average molecular weight is 202 g/mol. The lowest BCUT2D eigenvalue weighted by molar-refractivity contribution is -0.132. The number of Topliss-reactive ketones (excluding diaryl/α,β-unsaturated/α-hetero) is 1. The highest BCUT2D eigenvalue weighted by Gasteiger charge is 2.48. The summed E-state index contributed by atoms with van der Waals surface area (Å²) >= 11 is 0. The maximum atomic E-state index is 11.9. The molecule has 2 nitrogen and oxygen atoms in total. The van der Waals surface area contributed by atoms with Crippen LogP contribution in [0.5, 0.6) is 0 Å². The molecule has 78 valence electrons. The zero-order chi connectivity index (χ0) is 11.1. The third kappa shape index (κ3) is 1.25. The summed E-state index contributed by atoms with van der Waals surface area (Å²) < 4.78 is 5.24. The van der Waals surface area contributed by atoms with Crippen LogP contribution in [0.25, 0.3) is 5.57 Å². The van der Waals surface area contributed by atoms with Gasteiger partial charge in [0.15, 0.2) is 5.78 Å². The zero-order valence-corrected chi connectivity index (χ0v) is 9.20. The Kier molecular flexibility index (Phi) is 2.24. The van der Waals surface area contributed by atoms with Crippen LogP contribution in [0.15, 0.2) is 35.9 Å². The molecule has 0 amide bonds. The van der Waals surface area contributed by atoms with Crippen LogP contribution in [0.1, 0.15) is 19.4 Å². The Balaban J connectivity index is 2.47. The minimum absolute atomic E-state index is 0.0775. The summed E-state index contributed by atoms with van der Waals surface area (Å²) in [5.41, 5.74) is 2.10. The number of methoxy groups -OCH3 is 1. The molecule has 0 aromatic heterocycles. The smallest absolute Gasteiger partial charge is 0.199 e. The van der Waals surface area contributed by atoms with E-state index in [1.54, 1.807) is 7.11 Å². The SMILES string of the molecule is COC1(C)C(=O)C(c2ccccc2)=C1C. The lowest BCUT2D eigenvalue weighted by Crippen LogP contribution is -2.48. The maximum absolute atomic E-state index is 11.9. The van der Waals surface area contributed by atoms with E-state index in [2.05, 4.69) is 0 Å². The number of ether oxygens (including phenoxy) is 1. The molecule has 1 aliphatic carbocycles. The van der Waals surface area contributed by atoms with Crippen molar-refractivity contribution in [1.29, 1.82) is 0 Å². The summed E-state index contributed by atoms with van der Waals surface area (Å²) in [5.74, 6) is 0.0775. The molecule has 1 atom stereocenters. The van der Waals surface area contributed by atoms with Gasteiger partial charge in [-0.1, -0.05) is 30.3 Å². The molecular formula is C13H14O2. The third-order valence-electron chi connectivity index (χ3n) is 3.22. The molecule has 1 aromatic carbocycles.